The summed E-state index contributed by atoms with van der Waals surface area (Å²) in [6, 6.07) is 14.7. The van der Waals surface area contributed by atoms with E-state index in [4.69, 9.17) is 4.74 Å². The van der Waals surface area contributed by atoms with E-state index in [1.807, 2.05) is 0 Å². The van der Waals surface area contributed by atoms with Gasteiger partial charge in [0.15, 0.2) is 0 Å². The van der Waals surface area contributed by atoms with Crippen LogP contribution in [0.4, 0.5) is 18.9 Å². The third-order valence-corrected chi connectivity index (χ3v) is 4.09. The zero-order chi connectivity index (χ0) is 23.8. The van der Waals surface area contributed by atoms with Crippen molar-refractivity contribution in [3.05, 3.63) is 84.2 Å². The van der Waals surface area contributed by atoms with Crippen molar-refractivity contribution in [1.29, 1.82) is 0 Å². The molecule has 7 nitrogen and oxygen atoms in total. The minimum absolute atomic E-state index is 0.216. The van der Waals surface area contributed by atoms with Crippen LogP contribution >= 0.6 is 0 Å². The van der Waals surface area contributed by atoms with Crippen molar-refractivity contribution in [2.24, 2.45) is 0 Å². The van der Waals surface area contributed by atoms with Gasteiger partial charge in [-0.2, -0.15) is 0 Å². The first-order valence-corrected chi connectivity index (χ1v) is 9.53. The summed E-state index contributed by atoms with van der Waals surface area (Å²) in [7, 11) is 1.50. The summed E-state index contributed by atoms with van der Waals surface area (Å²) >= 11 is 0. The predicted molar refractivity (Wildman–Crippen MR) is 115 cm³/mol. The van der Waals surface area contributed by atoms with Gasteiger partial charge in [-0.25, -0.2) is 0 Å². The van der Waals surface area contributed by atoms with E-state index in [9.17, 15) is 22.8 Å². The lowest BCUT2D eigenvalue weighted by Gasteiger charge is -2.08. The summed E-state index contributed by atoms with van der Waals surface area (Å²) in [5.74, 6) is -0.197. The van der Waals surface area contributed by atoms with Gasteiger partial charge in [0.25, 0.3) is 5.91 Å². The van der Waals surface area contributed by atoms with Gasteiger partial charge < -0.3 is 20.1 Å². The van der Waals surface area contributed by atoms with Crippen molar-refractivity contribution in [1.82, 2.24) is 10.3 Å². The smallest absolute Gasteiger partial charge is 0.457 e. The molecule has 0 aliphatic carbocycles. The van der Waals surface area contributed by atoms with E-state index in [1.54, 1.807) is 30.3 Å². The zero-order valence-electron chi connectivity index (χ0n) is 17.2. The number of aromatic nitrogens is 1. The summed E-state index contributed by atoms with van der Waals surface area (Å²) in [6.45, 7) is 0. The Kier molecular flexibility index (Phi) is 7.29. The van der Waals surface area contributed by atoms with Crippen LogP contribution in [0.1, 0.15) is 16.1 Å². The molecule has 0 aliphatic rings. The number of amides is 2. The van der Waals surface area contributed by atoms with Crippen LogP contribution in [0.25, 0.3) is 6.08 Å². The first kappa shape index (κ1) is 23.3. The zero-order valence-corrected chi connectivity index (χ0v) is 17.2. The number of hydrogen-bond acceptors (Lipinski definition) is 5. The molecule has 1 aromatic heterocycles. The summed E-state index contributed by atoms with van der Waals surface area (Å²) in [5.41, 5.74) is 1.25. The molecule has 0 saturated carbocycles. The third kappa shape index (κ3) is 7.39. The van der Waals surface area contributed by atoms with Gasteiger partial charge in [0.2, 0.25) is 5.91 Å². The average Bonchev–Trinajstić information content (AvgIpc) is 2.78. The maximum absolute atomic E-state index is 12.2. The normalized spacial score (nSPS) is 11.2. The highest BCUT2D eigenvalue weighted by molar-refractivity contribution is 6.01. The van der Waals surface area contributed by atoms with Crippen LogP contribution in [0.2, 0.25) is 0 Å². The Labute approximate surface area is 186 Å². The molecule has 2 amide bonds. The number of carbonyl (C=O) groups excluding carboxylic acids is 2. The molecule has 0 fully saturated rings. The molecule has 3 aromatic rings. The van der Waals surface area contributed by atoms with Crippen molar-refractivity contribution in [3.63, 3.8) is 0 Å². The summed E-state index contributed by atoms with van der Waals surface area (Å²) in [6.07, 6.45) is -0.596. The van der Waals surface area contributed by atoms with Crippen LogP contribution in [0.15, 0.2) is 72.9 Å². The van der Waals surface area contributed by atoms with Gasteiger partial charge in [-0.15, -0.1) is 13.2 Å². The molecule has 0 radical (unpaired) electrons. The SMILES string of the molecule is CNC(=O)c1cc(Oc2ccc(NC(=O)/C=C/c3ccc(OC(F)(F)F)cc3)cc2)ccn1. The van der Waals surface area contributed by atoms with Gasteiger partial charge >= 0.3 is 6.36 Å². The second-order valence-electron chi connectivity index (χ2n) is 6.52. The van der Waals surface area contributed by atoms with E-state index in [-0.39, 0.29) is 17.4 Å². The lowest BCUT2D eigenvalue weighted by Crippen LogP contribution is -2.18. The molecule has 10 heteroatoms. The molecule has 0 spiro atoms. The highest BCUT2D eigenvalue weighted by Crippen LogP contribution is 2.24. The molecule has 0 aliphatic heterocycles. The molecule has 0 bridgehead atoms. The van der Waals surface area contributed by atoms with E-state index in [0.717, 1.165) is 12.1 Å². The predicted octanol–water partition coefficient (Wildman–Crippen LogP) is 4.78. The van der Waals surface area contributed by atoms with Gasteiger partial charge in [0.1, 0.15) is 22.9 Å². The minimum Gasteiger partial charge on any atom is -0.457 e. The maximum atomic E-state index is 12.2. The molecule has 0 saturated heterocycles. The first-order chi connectivity index (χ1) is 15.7. The second kappa shape index (κ2) is 10.3. The fourth-order valence-corrected chi connectivity index (χ4v) is 2.61. The van der Waals surface area contributed by atoms with Crippen LogP contribution in [0.5, 0.6) is 17.2 Å². The van der Waals surface area contributed by atoms with Crippen molar-refractivity contribution in [2.45, 2.75) is 6.36 Å². The number of alkyl halides is 3. The molecule has 3 rings (SSSR count). The van der Waals surface area contributed by atoms with Crippen molar-refractivity contribution >= 4 is 23.6 Å². The number of benzene rings is 2. The van der Waals surface area contributed by atoms with E-state index in [0.29, 0.717) is 22.7 Å². The Hall–Kier alpha value is -4.34. The number of carbonyl (C=O) groups is 2. The topological polar surface area (TPSA) is 89.6 Å². The van der Waals surface area contributed by atoms with Crippen LogP contribution in [-0.2, 0) is 4.79 Å². The Bertz CT molecular complexity index is 1140. The van der Waals surface area contributed by atoms with Crippen LogP contribution in [-0.4, -0.2) is 30.2 Å². The van der Waals surface area contributed by atoms with E-state index < -0.39 is 12.3 Å². The van der Waals surface area contributed by atoms with Gasteiger partial charge in [-0.1, -0.05) is 12.1 Å². The highest BCUT2D eigenvalue weighted by atomic mass is 19.4. The summed E-state index contributed by atoms with van der Waals surface area (Å²) < 4.78 is 46.0. The fraction of sp³-hybridized carbons (Fsp3) is 0.0870. The van der Waals surface area contributed by atoms with Gasteiger partial charge in [-0.3, -0.25) is 14.6 Å². The number of halogens is 3. The van der Waals surface area contributed by atoms with Crippen molar-refractivity contribution in [2.75, 3.05) is 12.4 Å². The standard InChI is InChI=1S/C23H18F3N3O4/c1-27-22(31)20-14-19(12-13-28-20)32-17-9-5-16(6-10-17)29-21(30)11-4-15-2-7-18(8-3-15)33-23(24,25)26/h2-14H,1H3,(H,27,31)(H,29,30)/b11-4+. The van der Waals surface area contributed by atoms with Crippen LogP contribution in [0, 0.1) is 0 Å². The molecule has 0 atom stereocenters. The molecule has 170 valence electrons. The monoisotopic (exact) mass is 457 g/mol. The second-order valence-corrected chi connectivity index (χ2v) is 6.52. The van der Waals surface area contributed by atoms with Crippen LogP contribution in [0.3, 0.4) is 0 Å². The molecule has 0 unspecified atom stereocenters. The Morgan fingerprint density at radius 2 is 1.61 bits per heavy atom. The molecular formula is C23H18F3N3O4. The summed E-state index contributed by atoms with van der Waals surface area (Å²) in [5, 5.41) is 5.14. The lowest BCUT2D eigenvalue weighted by atomic mass is 10.2. The van der Waals surface area contributed by atoms with Gasteiger partial charge in [0.05, 0.1) is 0 Å². The van der Waals surface area contributed by atoms with Crippen molar-refractivity contribution < 1.29 is 32.2 Å². The Morgan fingerprint density at radius 1 is 0.939 bits per heavy atom. The minimum atomic E-state index is -4.76. The number of pyridine rings is 1. The van der Waals surface area contributed by atoms with Crippen molar-refractivity contribution in [3.8, 4) is 17.2 Å². The van der Waals surface area contributed by atoms with E-state index in [1.165, 1.54) is 43.6 Å². The van der Waals surface area contributed by atoms with E-state index in [2.05, 4.69) is 20.4 Å². The molecule has 2 aromatic carbocycles. The number of nitrogens with one attached hydrogen (secondary N) is 2. The number of rotatable bonds is 7. The largest absolute Gasteiger partial charge is 0.573 e. The summed E-state index contributed by atoms with van der Waals surface area (Å²) in [4.78, 5) is 27.7. The lowest BCUT2D eigenvalue weighted by molar-refractivity contribution is -0.274. The number of hydrogen-bond donors (Lipinski definition) is 2. The average molecular weight is 457 g/mol. The quantitative estimate of drug-likeness (QED) is 0.499. The maximum Gasteiger partial charge on any atom is 0.573 e. The third-order valence-electron chi connectivity index (χ3n) is 4.09. The number of nitrogens with zero attached hydrogens (tertiary/aromatic N) is 1. The Morgan fingerprint density at radius 3 is 2.24 bits per heavy atom. The van der Waals surface area contributed by atoms with E-state index >= 15 is 0 Å². The molecular weight excluding hydrogens is 439 g/mol. The molecule has 1 heterocycles. The van der Waals surface area contributed by atoms with Crippen LogP contribution < -0.4 is 20.1 Å². The Balaban J connectivity index is 1.55. The molecule has 33 heavy (non-hydrogen) atoms. The molecule has 2 N–H and O–H groups in total. The van der Waals surface area contributed by atoms with Gasteiger partial charge in [0, 0.05) is 31.1 Å². The number of anilines is 1. The highest BCUT2D eigenvalue weighted by Gasteiger charge is 2.30. The van der Waals surface area contributed by atoms with Gasteiger partial charge in [-0.05, 0) is 54.1 Å². The fourth-order valence-electron chi connectivity index (χ4n) is 2.61. The first-order valence-electron chi connectivity index (χ1n) is 9.53. The number of ether oxygens (including phenoxy) is 2.